The fraction of sp³-hybridized carbons (Fsp3) is 0.333. The Balaban J connectivity index is 2.10. The van der Waals surface area contributed by atoms with Gasteiger partial charge < -0.3 is 25.4 Å². The molecule has 15 heteroatoms. The average Bonchev–Trinajstić information content (AvgIpc) is 3.22. The maximum Gasteiger partial charge on any atom is 0.420 e. The van der Waals surface area contributed by atoms with Crippen molar-refractivity contribution in [3.8, 4) is 5.75 Å². The van der Waals surface area contributed by atoms with Crippen molar-refractivity contribution in [3.63, 3.8) is 0 Å². The van der Waals surface area contributed by atoms with Crippen LogP contribution in [0.5, 0.6) is 5.75 Å². The number of carbonyl (C=O) groups excluding carboxylic acids is 1. The zero-order chi connectivity index (χ0) is 29.1. The van der Waals surface area contributed by atoms with Crippen molar-refractivity contribution in [1.82, 2.24) is 0 Å². The van der Waals surface area contributed by atoms with Gasteiger partial charge in [-0.1, -0.05) is 0 Å². The second-order valence-corrected chi connectivity index (χ2v) is 8.31. The van der Waals surface area contributed by atoms with E-state index in [9.17, 15) is 45.7 Å². The van der Waals surface area contributed by atoms with Crippen molar-refractivity contribution in [1.29, 1.82) is 0 Å². The standard InChI is InChI=1S/C24H22F7N3O5/c1-34(15-4-2-14(25)3-5-15)22(37)39-21-16(6-13(23(26,27)28)7-17(21)24(29,30)31)12(9-32)10-33-20-8-18(36)19(11-35)38-20/h2-7,9-10,18-20,35-36H,8,11,32H2,1H3/b12-9+,33-10+. The number of rotatable bonds is 6. The number of hydrogen-bond acceptors (Lipinski definition) is 7. The van der Waals surface area contributed by atoms with E-state index in [1.54, 1.807) is 0 Å². The Morgan fingerprint density at radius 3 is 2.33 bits per heavy atom. The number of nitrogens with two attached hydrogens (primary N) is 1. The van der Waals surface area contributed by atoms with E-state index in [-0.39, 0.29) is 18.2 Å². The smallest absolute Gasteiger partial charge is 0.409 e. The minimum atomic E-state index is -5.41. The maximum absolute atomic E-state index is 14.0. The van der Waals surface area contributed by atoms with Crippen LogP contribution in [-0.4, -0.2) is 54.6 Å². The van der Waals surface area contributed by atoms with Gasteiger partial charge in [-0.05, 0) is 36.4 Å². The summed E-state index contributed by atoms with van der Waals surface area (Å²) in [4.78, 5) is 17.4. The van der Waals surface area contributed by atoms with Crippen molar-refractivity contribution in [2.24, 2.45) is 10.7 Å². The number of ether oxygens (including phenoxy) is 2. The quantitative estimate of drug-likeness (QED) is 0.355. The minimum Gasteiger partial charge on any atom is -0.409 e. The first-order valence-electron chi connectivity index (χ1n) is 11.1. The average molecular weight is 565 g/mol. The van der Waals surface area contributed by atoms with Crippen molar-refractivity contribution in [2.45, 2.75) is 37.2 Å². The van der Waals surface area contributed by atoms with Gasteiger partial charge in [-0.25, -0.2) is 9.18 Å². The van der Waals surface area contributed by atoms with Crippen LogP contribution in [0.4, 0.5) is 41.2 Å². The van der Waals surface area contributed by atoms with Crippen LogP contribution >= 0.6 is 0 Å². The van der Waals surface area contributed by atoms with E-state index >= 15 is 0 Å². The van der Waals surface area contributed by atoms with Crippen molar-refractivity contribution < 1.29 is 55.2 Å². The molecule has 0 saturated carbocycles. The Morgan fingerprint density at radius 2 is 1.82 bits per heavy atom. The van der Waals surface area contributed by atoms with Gasteiger partial charge in [-0.3, -0.25) is 9.89 Å². The van der Waals surface area contributed by atoms with Crippen molar-refractivity contribution in [3.05, 3.63) is 65.1 Å². The first kappa shape index (κ1) is 29.9. The second kappa shape index (κ2) is 11.6. The van der Waals surface area contributed by atoms with Crippen LogP contribution in [0.3, 0.4) is 0 Å². The number of alkyl halides is 6. The van der Waals surface area contributed by atoms with Gasteiger partial charge in [0.15, 0.2) is 12.0 Å². The molecule has 0 radical (unpaired) electrons. The lowest BCUT2D eigenvalue weighted by Crippen LogP contribution is -2.30. The molecule has 1 heterocycles. The molecule has 4 N–H and O–H groups in total. The van der Waals surface area contributed by atoms with Crippen LogP contribution in [0.2, 0.25) is 0 Å². The van der Waals surface area contributed by atoms with E-state index < -0.39 is 77.3 Å². The highest BCUT2D eigenvalue weighted by atomic mass is 19.4. The van der Waals surface area contributed by atoms with Gasteiger partial charge in [-0.2, -0.15) is 26.3 Å². The fourth-order valence-electron chi connectivity index (χ4n) is 3.59. The van der Waals surface area contributed by atoms with Crippen LogP contribution in [0.1, 0.15) is 23.1 Å². The lowest BCUT2D eigenvalue weighted by molar-refractivity contribution is -0.143. The second-order valence-electron chi connectivity index (χ2n) is 8.31. The normalized spacial score (nSPS) is 20.5. The van der Waals surface area contributed by atoms with Gasteiger partial charge >= 0.3 is 18.4 Å². The molecule has 0 bridgehead atoms. The molecule has 3 rings (SSSR count). The number of allylic oxidation sites excluding steroid dienone is 1. The zero-order valence-electron chi connectivity index (χ0n) is 20.0. The number of halogens is 7. The SMILES string of the molecule is CN(C(=O)Oc1c(C(=C/N)/C=N/C2CC(O)C(CO)O2)cc(C(F)(F)F)cc1C(F)(F)F)c1ccc(F)cc1. The van der Waals surface area contributed by atoms with Gasteiger partial charge in [0, 0.05) is 42.7 Å². The van der Waals surface area contributed by atoms with E-state index in [4.69, 9.17) is 15.2 Å². The van der Waals surface area contributed by atoms with Crippen LogP contribution < -0.4 is 15.4 Å². The summed E-state index contributed by atoms with van der Waals surface area (Å²) in [5.74, 6) is -1.95. The number of nitrogens with zero attached hydrogens (tertiary/aromatic N) is 2. The summed E-state index contributed by atoms with van der Waals surface area (Å²) < 4.78 is 106. The van der Waals surface area contributed by atoms with Gasteiger partial charge in [0.1, 0.15) is 11.9 Å². The number of aliphatic hydroxyl groups is 2. The summed E-state index contributed by atoms with van der Waals surface area (Å²) in [6.07, 6.45) is -14.0. The lowest BCUT2D eigenvalue weighted by Gasteiger charge is -2.22. The fourth-order valence-corrected chi connectivity index (χ4v) is 3.59. The highest BCUT2D eigenvalue weighted by Gasteiger charge is 2.42. The molecule has 39 heavy (non-hydrogen) atoms. The minimum absolute atomic E-state index is 0.00921. The van der Waals surface area contributed by atoms with E-state index in [0.717, 1.165) is 37.5 Å². The zero-order valence-corrected chi connectivity index (χ0v) is 20.0. The summed E-state index contributed by atoms with van der Waals surface area (Å²) in [5, 5.41) is 19.0. The molecule has 0 spiro atoms. The lowest BCUT2D eigenvalue weighted by atomic mass is 9.98. The molecule has 0 aromatic heterocycles. The number of hydrogen-bond donors (Lipinski definition) is 3. The molecular weight excluding hydrogens is 543 g/mol. The maximum atomic E-state index is 14.0. The Bertz CT molecular complexity index is 1250. The third-order valence-electron chi connectivity index (χ3n) is 5.65. The third-order valence-corrected chi connectivity index (χ3v) is 5.65. The molecule has 1 fully saturated rings. The predicted octanol–water partition coefficient (Wildman–Crippen LogP) is 4.34. The molecule has 3 atom stereocenters. The Morgan fingerprint density at radius 1 is 1.18 bits per heavy atom. The first-order chi connectivity index (χ1) is 18.1. The molecule has 212 valence electrons. The number of amides is 1. The van der Waals surface area contributed by atoms with E-state index in [2.05, 4.69) is 4.99 Å². The number of benzene rings is 2. The Kier molecular flexibility index (Phi) is 8.87. The predicted molar refractivity (Wildman–Crippen MR) is 124 cm³/mol. The number of aliphatic hydroxyl groups excluding tert-OH is 2. The van der Waals surface area contributed by atoms with Crippen LogP contribution in [0.25, 0.3) is 5.57 Å². The summed E-state index contributed by atoms with van der Waals surface area (Å²) in [6.45, 7) is -0.559. The molecule has 2 aromatic rings. The molecule has 0 aliphatic carbocycles. The van der Waals surface area contributed by atoms with Crippen LogP contribution in [0, 0.1) is 5.82 Å². The van der Waals surface area contributed by atoms with E-state index in [1.165, 1.54) is 0 Å². The number of carbonyl (C=O) groups is 1. The van der Waals surface area contributed by atoms with Gasteiger partial charge in [0.2, 0.25) is 0 Å². The Labute approximate surface area is 216 Å². The summed E-state index contributed by atoms with van der Waals surface area (Å²) in [6, 6.07) is 4.29. The summed E-state index contributed by atoms with van der Waals surface area (Å²) in [7, 11) is 1.09. The summed E-state index contributed by atoms with van der Waals surface area (Å²) in [5.41, 5.74) is 0.513. The van der Waals surface area contributed by atoms with E-state index in [1.807, 2.05) is 0 Å². The van der Waals surface area contributed by atoms with E-state index in [0.29, 0.717) is 17.2 Å². The van der Waals surface area contributed by atoms with Crippen molar-refractivity contribution in [2.75, 3.05) is 18.6 Å². The molecule has 1 aliphatic rings. The number of anilines is 1. The van der Waals surface area contributed by atoms with Gasteiger partial charge in [-0.15, -0.1) is 0 Å². The molecule has 2 aromatic carbocycles. The highest BCUT2D eigenvalue weighted by molar-refractivity contribution is 6.11. The number of aliphatic imine (C=N–C) groups is 1. The molecule has 1 aliphatic heterocycles. The molecule has 1 saturated heterocycles. The monoisotopic (exact) mass is 565 g/mol. The molecule has 8 nitrogen and oxygen atoms in total. The van der Waals surface area contributed by atoms with Gasteiger partial charge in [0.25, 0.3) is 0 Å². The molecular formula is C24H22F7N3O5. The van der Waals surface area contributed by atoms with Crippen molar-refractivity contribution >= 4 is 23.6 Å². The van der Waals surface area contributed by atoms with Gasteiger partial charge in [0.05, 0.1) is 23.8 Å². The van der Waals surface area contributed by atoms with Crippen LogP contribution in [-0.2, 0) is 17.1 Å². The first-order valence-corrected chi connectivity index (χ1v) is 11.1. The molecule has 3 unspecified atom stereocenters. The third kappa shape index (κ3) is 7.04. The van der Waals surface area contributed by atoms with Crippen LogP contribution in [0.15, 0.2) is 47.6 Å². The highest BCUT2D eigenvalue weighted by Crippen LogP contribution is 2.44. The largest absolute Gasteiger partial charge is 0.420 e. The molecule has 1 amide bonds. The Hall–Kier alpha value is -3.69. The summed E-state index contributed by atoms with van der Waals surface area (Å²) >= 11 is 0. The topological polar surface area (TPSA) is 118 Å².